The average molecular weight is 425 g/mol. The van der Waals surface area contributed by atoms with Gasteiger partial charge in [0.15, 0.2) is 0 Å². The van der Waals surface area contributed by atoms with Crippen LogP contribution in [0.25, 0.3) is 33.2 Å². The smallest absolute Gasteiger partial charge is 0.262 e. The van der Waals surface area contributed by atoms with Crippen molar-refractivity contribution in [1.29, 1.82) is 0 Å². The maximum Gasteiger partial charge on any atom is 0.262 e. The van der Waals surface area contributed by atoms with Crippen LogP contribution in [-0.4, -0.2) is 18.9 Å². The van der Waals surface area contributed by atoms with E-state index in [2.05, 4.69) is 4.98 Å². The van der Waals surface area contributed by atoms with Gasteiger partial charge in [-0.05, 0) is 48.6 Å². The van der Waals surface area contributed by atoms with Gasteiger partial charge >= 0.3 is 0 Å². The highest BCUT2D eigenvalue weighted by molar-refractivity contribution is 5.92. The van der Waals surface area contributed by atoms with E-state index < -0.39 is 5.82 Å². The summed E-state index contributed by atoms with van der Waals surface area (Å²) >= 11 is 0. The normalized spacial score (nSPS) is 14.2. The fraction of sp³-hybridized carbons (Fsp3) is 0.160. The molecule has 0 spiro atoms. The topological polar surface area (TPSA) is 78.2 Å². The van der Waals surface area contributed by atoms with Gasteiger partial charge in [-0.2, -0.15) is 0 Å². The van der Waals surface area contributed by atoms with Gasteiger partial charge in [0.25, 0.3) is 5.56 Å². The predicted octanol–water partition coefficient (Wildman–Crippen LogP) is 4.69. The number of pyridine rings is 1. The predicted molar refractivity (Wildman–Crippen MR) is 122 cm³/mol. The van der Waals surface area contributed by atoms with Crippen LogP contribution in [0.5, 0.6) is 0 Å². The Balaban J connectivity index is 1.62. The molecule has 5 aromatic rings. The van der Waals surface area contributed by atoms with E-state index >= 15 is 4.39 Å². The molecule has 1 saturated carbocycles. The zero-order chi connectivity index (χ0) is 21.8. The maximum atomic E-state index is 15.3. The first-order valence-electron chi connectivity index (χ1n) is 10.6. The van der Waals surface area contributed by atoms with Crippen molar-refractivity contribution in [2.45, 2.75) is 25.2 Å². The Morgan fingerprint density at radius 2 is 1.88 bits per heavy atom. The van der Waals surface area contributed by atoms with Gasteiger partial charge in [-0.1, -0.05) is 24.6 Å². The third-order valence-corrected chi connectivity index (χ3v) is 6.36. The fourth-order valence-corrected chi connectivity index (χ4v) is 4.47. The van der Waals surface area contributed by atoms with E-state index in [9.17, 15) is 4.79 Å². The molecule has 0 amide bonds. The summed E-state index contributed by atoms with van der Waals surface area (Å²) in [4.78, 5) is 22.3. The fourth-order valence-electron chi connectivity index (χ4n) is 4.47. The Bertz CT molecular complexity index is 1550. The van der Waals surface area contributed by atoms with Crippen LogP contribution in [-0.2, 0) is 0 Å². The number of halogens is 1. The Kier molecular flexibility index (Phi) is 4.11. The number of nitrogen functional groups attached to an aromatic ring is 1. The van der Waals surface area contributed by atoms with E-state index in [1.165, 1.54) is 6.07 Å². The van der Waals surface area contributed by atoms with Crippen LogP contribution < -0.4 is 11.3 Å². The Morgan fingerprint density at radius 1 is 1.06 bits per heavy atom. The first-order chi connectivity index (χ1) is 15.6. The highest BCUT2D eigenvalue weighted by atomic mass is 19.1. The van der Waals surface area contributed by atoms with Gasteiger partial charge in [0, 0.05) is 41.1 Å². The lowest BCUT2D eigenvalue weighted by Crippen LogP contribution is -2.17. The highest BCUT2D eigenvalue weighted by Gasteiger charge is 2.28. The Labute approximate surface area is 182 Å². The Hall–Kier alpha value is -4.00. The second-order valence-electron chi connectivity index (χ2n) is 8.22. The van der Waals surface area contributed by atoms with Gasteiger partial charge in [-0.3, -0.25) is 13.8 Å². The van der Waals surface area contributed by atoms with Gasteiger partial charge in [0.1, 0.15) is 28.7 Å². The van der Waals surface area contributed by atoms with Crippen LogP contribution in [0.3, 0.4) is 0 Å². The minimum Gasteiger partial charge on any atom is -0.382 e. The quantitative estimate of drug-likeness (QED) is 0.455. The molecule has 0 saturated heterocycles. The molecule has 0 unspecified atom stereocenters. The molecule has 6 rings (SSSR count). The zero-order valence-electron chi connectivity index (χ0n) is 17.2. The number of imidazole rings is 1. The molecule has 1 fully saturated rings. The SMILES string of the molecule is Nc1nccn2c(C3CCC3)nc(-c3cc4c(=O)n(-c5ccccc5)ccc4cc3F)c12. The van der Waals surface area contributed by atoms with Crippen molar-refractivity contribution in [2.24, 2.45) is 0 Å². The minimum absolute atomic E-state index is 0.219. The van der Waals surface area contributed by atoms with Crippen molar-refractivity contribution < 1.29 is 4.39 Å². The zero-order valence-corrected chi connectivity index (χ0v) is 17.2. The number of nitrogens with zero attached hydrogens (tertiary/aromatic N) is 4. The van der Waals surface area contributed by atoms with Crippen molar-refractivity contribution in [2.75, 3.05) is 5.73 Å². The Morgan fingerprint density at radius 3 is 2.62 bits per heavy atom. The molecule has 1 aliphatic carbocycles. The van der Waals surface area contributed by atoms with Crippen LogP contribution in [0.4, 0.5) is 10.2 Å². The molecule has 1 aliphatic rings. The first-order valence-corrected chi connectivity index (χ1v) is 10.6. The molecule has 0 bridgehead atoms. The molecule has 2 aromatic carbocycles. The van der Waals surface area contributed by atoms with Gasteiger partial charge in [-0.15, -0.1) is 0 Å². The van der Waals surface area contributed by atoms with Crippen LogP contribution in [0.1, 0.15) is 31.0 Å². The number of hydrogen-bond donors (Lipinski definition) is 1. The van der Waals surface area contributed by atoms with E-state index in [0.29, 0.717) is 27.9 Å². The molecule has 7 heteroatoms. The summed E-state index contributed by atoms with van der Waals surface area (Å²) in [6.45, 7) is 0. The lowest BCUT2D eigenvalue weighted by atomic mass is 9.85. The van der Waals surface area contributed by atoms with Crippen molar-refractivity contribution in [3.63, 3.8) is 0 Å². The maximum absolute atomic E-state index is 15.3. The molecule has 0 aliphatic heterocycles. The van der Waals surface area contributed by atoms with Gasteiger partial charge in [0.2, 0.25) is 0 Å². The molecule has 0 atom stereocenters. The van der Waals surface area contributed by atoms with Crippen molar-refractivity contribution in [1.82, 2.24) is 18.9 Å². The minimum atomic E-state index is -0.447. The average Bonchev–Trinajstić information content (AvgIpc) is 3.13. The van der Waals surface area contributed by atoms with E-state index in [4.69, 9.17) is 10.7 Å². The summed E-state index contributed by atoms with van der Waals surface area (Å²) in [5, 5.41) is 0.957. The molecule has 158 valence electrons. The lowest BCUT2D eigenvalue weighted by molar-refractivity contribution is 0.400. The van der Waals surface area contributed by atoms with E-state index in [0.717, 1.165) is 30.8 Å². The third-order valence-electron chi connectivity index (χ3n) is 6.36. The standard InChI is InChI=1S/C25H20FN5O/c26-20-13-16-9-11-30(17-7-2-1-3-8-17)25(32)18(16)14-19(20)21-22-23(27)28-10-12-31(22)24(29-21)15-5-4-6-15/h1-3,7-15H,4-6H2,(H2,27,28). The molecule has 0 radical (unpaired) electrons. The summed E-state index contributed by atoms with van der Waals surface area (Å²) in [7, 11) is 0. The second kappa shape index (κ2) is 7.02. The molecular weight excluding hydrogens is 405 g/mol. The second-order valence-corrected chi connectivity index (χ2v) is 8.22. The number of rotatable bonds is 3. The van der Waals surface area contributed by atoms with Crippen molar-refractivity contribution >= 4 is 22.1 Å². The highest BCUT2D eigenvalue weighted by Crippen LogP contribution is 2.40. The first kappa shape index (κ1) is 18.7. The number of anilines is 1. The van der Waals surface area contributed by atoms with Gasteiger partial charge in [-0.25, -0.2) is 14.4 Å². The van der Waals surface area contributed by atoms with Crippen LogP contribution in [0.2, 0.25) is 0 Å². The summed E-state index contributed by atoms with van der Waals surface area (Å²) in [6, 6.07) is 14.1. The van der Waals surface area contributed by atoms with Gasteiger partial charge in [0.05, 0.1) is 0 Å². The number of nitrogens with two attached hydrogens (primary N) is 1. The summed E-state index contributed by atoms with van der Waals surface area (Å²) < 4.78 is 18.8. The van der Waals surface area contributed by atoms with Crippen LogP contribution >= 0.6 is 0 Å². The molecular formula is C25H20FN5O. The van der Waals surface area contributed by atoms with Gasteiger partial charge < -0.3 is 5.73 Å². The molecule has 6 nitrogen and oxygen atoms in total. The van der Waals surface area contributed by atoms with E-state index in [1.54, 1.807) is 29.1 Å². The van der Waals surface area contributed by atoms with E-state index in [-0.39, 0.29) is 16.9 Å². The number of benzene rings is 2. The van der Waals surface area contributed by atoms with Crippen molar-refractivity contribution in [3.05, 3.63) is 89.1 Å². The number of fused-ring (bicyclic) bond motifs is 2. The third kappa shape index (κ3) is 2.74. The molecule has 3 heterocycles. The molecule has 3 aromatic heterocycles. The van der Waals surface area contributed by atoms with Crippen molar-refractivity contribution in [3.8, 4) is 16.9 Å². The monoisotopic (exact) mass is 425 g/mol. The van der Waals surface area contributed by atoms with E-state index in [1.807, 2.05) is 40.9 Å². The lowest BCUT2D eigenvalue weighted by Gasteiger charge is -2.23. The van der Waals surface area contributed by atoms with Crippen LogP contribution in [0.15, 0.2) is 71.9 Å². The summed E-state index contributed by atoms with van der Waals surface area (Å²) in [6.07, 6.45) is 8.36. The van der Waals surface area contributed by atoms with Crippen LogP contribution in [0, 0.1) is 5.82 Å². The number of hydrogen-bond acceptors (Lipinski definition) is 4. The summed E-state index contributed by atoms with van der Waals surface area (Å²) in [5.74, 6) is 1.02. The molecule has 2 N–H and O–H groups in total. The largest absolute Gasteiger partial charge is 0.382 e. The number of aromatic nitrogens is 4. The summed E-state index contributed by atoms with van der Waals surface area (Å²) in [5.41, 5.74) is 7.98. The number of para-hydroxylation sites is 1. The molecule has 32 heavy (non-hydrogen) atoms.